The molecule has 0 radical (unpaired) electrons. The van der Waals surface area contributed by atoms with Gasteiger partial charge in [0.05, 0.1) is 12.8 Å². The second-order valence-corrected chi connectivity index (χ2v) is 4.22. The molecule has 1 aliphatic rings. The summed E-state index contributed by atoms with van der Waals surface area (Å²) < 4.78 is 5.13. The van der Waals surface area contributed by atoms with Crippen molar-refractivity contribution in [3.05, 3.63) is 23.7 Å². The Hall–Kier alpha value is -1.29. The molecule has 4 heteroatoms. The van der Waals surface area contributed by atoms with Crippen molar-refractivity contribution in [1.29, 1.82) is 0 Å². The number of nitrogens with one attached hydrogen (secondary N) is 1. The fraction of sp³-hybridized carbons (Fsp3) is 0.545. The molecule has 0 saturated heterocycles. The van der Waals surface area contributed by atoms with Crippen molar-refractivity contribution in [3.8, 4) is 0 Å². The standard InChI is InChI=1S/C11H15NO3/c1-7-4-8(5-7)12-6-10-9(11(13)14)2-3-15-10/h2-3,7-8,12H,4-6H2,1H3,(H,13,14). The highest BCUT2D eigenvalue weighted by Gasteiger charge is 2.25. The van der Waals surface area contributed by atoms with Crippen molar-refractivity contribution in [3.63, 3.8) is 0 Å². The Morgan fingerprint density at radius 2 is 2.40 bits per heavy atom. The summed E-state index contributed by atoms with van der Waals surface area (Å²) in [5, 5.41) is 12.1. The normalized spacial score (nSPS) is 24.9. The first-order valence-electron chi connectivity index (χ1n) is 5.20. The maximum absolute atomic E-state index is 10.8. The maximum Gasteiger partial charge on any atom is 0.339 e. The van der Waals surface area contributed by atoms with Crippen LogP contribution in [0.1, 0.15) is 35.9 Å². The van der Waals surface area contributed by atoms with E-state index in [0.717, 1.165) is 5.92 Å². The van der Waals surface area contributed by atoms with Gasteiger partial charge in [-0.15, -0.1) is 0 Å². The fourth-order valence-corrected chi connectivity index (χ4v) is 1.97. The SMILES string of the molecule is CC1CC(NCc2occc2C(=O)O)C1. The molecule has 0 aromatic carbocycles. The Balaban J connectivity index is 1.88. The largest absolute Gasteiger partial charge is 0.478 e. The number of furan rings is 1. The van der Waals surface area contributed by atoms with Crippen molar-refractivity contribution in [2.24, 2.45) is 5.92 Å². The minimum absolute atomic E-state index is 0.259. The van der Waals surface area contributed by atoms with Gasteiger partial charge >= 0.3 is 5.97 Å². The summed E-state index contributed by atoms with van der Waals surface area (Å²) in [5.74, 6) is 0.377. The van der Waals surface area contributed by atoms with E-state index in [4.69, 9.17) is 9.52 Å². The Morgan fingerprint density at radius 3 is 3.00 bits per heavy atom. The highest BCUT2D eigenvalue weighted by atomic mass is 16.4. The Labute approximate surface area is 88.3 Å². The summed E-state index contributed by atoms with van der Waals surface area (Å²) >= 11 is 0. The van der Waals surface area contributed by atoms with Crippen molar-refractivity contribution >= 4 is 5.97 Å². The number of rotatable bonds is 4. The zero-order valence-electron chi connectivity index (χ0n) is 8.69. The second kappa shape index (κ2) is 4.06. The third-order valence-electron chi connectivity index (χ3n) is 2.90. The molecule has 0 bridgehead atoms. The van der Waals surface area contributed by atoms with Crippen LogP contribution in [0, 0.1) is 5.92 Å². The number of aromatic carboxylic acids is 1. The van der Waals surface area contributed by atoms with Crippen molar-refractivity contribution < 1.29 is 14.3 Å². The third-order valence-corrected chi connectivity index (χ3v) is 2.90. The first-order valence-corrected chi connectivity index (χ1v) is 5.20. The smallest absolute Gasteiger partial charge is 0.339 e. The molecule has 2 N–H and O–H groups in total. The van der Waals surface area contributed by atoms with Crippen LogP contribution < -0.4 is 5.32 Å². The van der Waals surface area contributed by atoms with Gasteiger partial charge in [-0.25, -0.2) is 4.79 Å². The first kappa shape index (κ1) is 10.2. The van der Waals surface area contributed by atoms with E-state index in [2.05, 4.69) is 12.2 Å². The third kappa shape index (κ3) is 2.21. The molecule has 1 aromatic rings. The molecule has 0 aliphatic heterocycles. The lowest BCUT2D eigenvalue weighted by Crippen LogP contribution is -2.39. The summed E-state index contributed by atoms with van der Waals surface area (Å²) in [6.45, 7) is 2.72. The molecule has 1 aromatic heterocycles. The van der Waals surface area contributed by atoms with E-state index in [1.54, 1.807) is 0 Å². The Kier molecular flexibility index (Phi) is 2.77. The van der Waals surface area contributed by atoms with Gasteiger partial charge in [0.1, 0.15) is 11.3 Å². The molecule has 1 heterocycles. The first-order chi connectivity index (χ1) is 7.16. The second-order valence-electron chi connectivity index (χ2n) is 4.22. The Bertz CT molecular complexity index is 352. The van der Waals surface area contributed by atoms with E-state index in [1.807, 2.05) is 0 Å². The molecule has 1 fully saturated rings. The number of carboxylic acids is 1. The minimum Gasteiger partial charge on any atom is -0.478 e. The van der Waals surface area contributed by atoms with E-state index in [9.17, 15) is 4.79 Å². The van der Waals surface area contributed by atoms with Crippen LogP contribution in [0.4, 0.5) is 0 Å². The van der Waals surface area contributed by atoms with Crippen LogP contribution in [0.25, 0.3) is 0 Å². The van der Waals surface area contributed by atoms with Gasteiger partial charge in [-0.05, 0) is 24.8 Å². The van der Waals surface area contributed by atoms with Crippen LogP contribution in [-0.4, -0.2) is 17.1 Å². The van der Waals surface area contributed by atoms with E-state index in [1.165, 1.54) is 25.2 Å². The van der Waals surface area contributed by atoms with Crippen molar-refractivity contribution in [2.75, 3.05) is 0 Å². The minimum atomic E-state index is -0.928. The number of carbonyl (C=O) groups is 1. The van der Waals surface area contributed by atoms with Crippen LogP contribution in [0.3, 0.4) is 0 Å². The predicted octanol–water partition coefficient (Wildman–Crippen LogP) is 1.87. The lowest BCUT2D eigenvalue weighted by atomic mass is 9.82. The fourth-order valence-electron chi connectivity index (χ4n) is 1.97. The molecule has 0 unspecified atom stereocenters. The van der Waals surface area contributed by atoms with Crippen LogP contribution in [0.2, 0.25) is 0 Å². The van der Waals surface area contributed by atoms with Gasteiger partial charge in [-0.2, -0.15) is 0 Å². The van der Waals surface area contributed by atoms with Crippen LogP contribution in [0.5, 0.6) is 0 Å². The van der Waals surface area contributed by atoms with Gasteiger partial charge in [-0.1, -0.05) is 6.92 Å². The molecular weight excluding hydrogens is 194 g/mol. The highest BCUT2D eigenvalue weighted by Crippen LogP contribution is 2.26. The number of carboxylic acid groups (broad SMARTS) is 1. The average molecular weight is 209 g/mol. The molecule has 4 nitrogen and oxygen atoms in total. The summed E-state index contributed by atoms with van der Waals surface area (Å²) in [6, 6.07) is 2.01. The number of hydrogen-bond donors (Lipinski definition) is 2. The number of hydrogen-bond acceptors (Lipinski definition) is 3. The van der Waals surface area contributed by atoms with Crippen molar-refractivity contribution in [1.82, 2.24) is 5.32 Å². The zero-order chi connectivity index (χ0) is 10.8. The topological polar surface area (TPSA) is 62.5 Å². The van der Waals surface area contributed by atoms with Gasteiger partial charge in [0.25, 0.3) is 0 Å². The molecular formula is C11H15NO3. The van der Waals surface area contributed by atoms with E-state index in [0.29, 0.717) is 18.3 Å². The lowest BCUT2D eigenvalue weighted by Gasteiger charge is -2.33. The molecule has 1 aliphatic carbocycles. The van der Waals surface area contributed by atoms with E-state index in [-0.39, 0.29) is 5.56 Å². The van der Waals surface area contributed by atoms with Gasteiger partial charge in [-0.3, -0.25) is 0 Å². The van der Waals surface area contributed by atoms with Gasteiger partial charge in [0.2, 0.25) is 0 Å². The van der Waals surface area contributed by atoms with E-state index < -0.39 is 5.97 Å². The zero-order valence-corrected chi connectivity index (χ0v) is 8.69. The predicted molar refractivity (Wildman–Crippen MR) is 54.7 cm³/mol. The van der Waals surface area contributed by atoms with Gasteiger partial charge in [0.15, 0.2) is 0 Å². The molecule has 0 atom stereocenters. The summed E-state index contributed by atoms with van der Waals surface area (Å²) in [4.78, 5) is 10.8. The molecule has 15 heavy (non-hydrogen) atoms. The maximum atomic E-state index is 10.8. The highest BCUT2D eigenvalue weighted by molar-refractivity contribution is 5.88. The lowest BCUT2D eigenvalue weighted by molar-refractivity contribution is 0.0693. The molecule has 1 saturated carbocycles. The average Bonchev–Trinajstić information content (AvgIpc) is 2.58. The quantitative estimate of drug-likeness (QED) is 0.794. The van der Waals surface area contributed by atoms with Gasteiger partial charge in [0, 0.05) is 6.04 Å². The van der Waals surface area contributed by atoms with Crippen LogP contribution >= 0.6 is 0 Å². The Morgan fingerprint density at radius 1 is 1.67 bits per heavy atom. The summed E-state index contributed by atoms with van der Waals surface area (Å²) in [6.07, 6.45) is 3.76. The van der Waals surface area contributed by atoms with Crippen LogP contribution in [-0.2, 0) is 6.54 Å². The van der Waals surface area contributed by atoms with Gasteiger partial charge < -0.3 is 14.8 Å². The van der Waals surface area contributed by atoms with E-state index >= 15 is 0 Å². The monoisotopic (exact) mass is 209 g/mol. The molecule has 0 spiro atoms. The molecule has 0 amide bonds. The summed E-state index contributed by atoms with van der Waals surface area (Å²) in [7, 11) is 0. The van der Waals surface area contributed by atoms with Crippen molar-refractivity contribution in [2.45, 2.75) is 32.4 Å². The molecule has 2 rings (SSSR count). The molecule has 82 valence electrons. The summed E-state index contributed by atoms with van der Waals surface area (Å²) in [5.41, 5.74) is 0.259. The van der Waals surface area contributed by atoms with Crippen LogP contribution in [0.15, 0.2) is 16.7 Å².